The Labute approximate surface area is 169 Å². The summed E-state index contributed by atoms with van der Waals surface area (Å²) in [5, 5.41) is 6.17. The molecule has 2 heterocycles. The lowest BCUT2D eigenvalue weighted by Crippen LogP contribution is -2.18. The molecule has 0 aliphatic heterocycles. The molecule has 0 amide bonds. The van der Waals surface area contributed by atoms with Gasteiger partial charge in [0.05, 0.1) is 11.1 Å². The van der Waals surface area contributed by atoms with Gasteiger partial charge in [-0.1, -0.05) is 24.3 Å². The number of benzene rings is 2. The van der Waals surface area contributed by atoms with E-state index in [-0.39, 0.29) is 28.4 Å². The number of pyridine rings is 1. The van der Waals surface area contributed by atoms with E-state index in [1.54, 1.807) is 31.4 Å². The third-order valence-electron chi connectivity index (χ3n) is 4.41. The number of aryl methyl sites for hydroxylation is 1. The molecule has 0 saturated carbocycles. The maximum Gasteiger partial charge on any atom is 0.416 e. The molecule has 4 rings (SSSR count). The Balaban J connectivity index is 1.80. The average molecular weight is 411 g/mol. The van der Waals surface area contributed by atoms with E-state index in [0.717, 1.165) is 12.1 Å². The summed E-state index contributed by atoms with van der Waals surface area (Å²) in [5.74, 6) is 0.315. The molecule has 0 unspecified atom stereocenters. The second kappa shape index (κ2) is 7.51. The summed E-state index contributed by atoms with van der Waals surface area (Å²) in [5.41, 5.74) is 0.162. The van der Waals surface area contributed by atoms with Crippen LogP contribution in [0.4, 0.5) is 36.3 Å². The highest BCUT2D eigenvalue weighted by molar-refractivity contribution is 5.91. The molecule has 0 fully saturated rings. The van der Waals surface area contributed by atoms with Crippen LogP contribution in [0.2, 0.25) is 0 Å². The molecule has 30 heavy (non-hydrogen) atoms. The lowest BCUT2D eigenvalue weighted by Gasteiger charge is -2.13. The first-order valence-electron chi connectivity index (χ1n) is 8.95. The molecule has 9 heteroatoms. The normalized spacial score (nSPS) is 11.5. The van der Waals surface area contributed by atoms with Gasteiger partial charge in [0.25, 0.3) is 5.56 Å². The Morgan fingerprint density at radius 2 is 1.63 bits per heavy atom. The zero-order valence-electron chi connectivity index (χ0n) is 15.7. The Hall–Kier alpha value is -3.88. The van der Waals surface area contributed by atoms with E-state index in [4.69, 9.17) is 0 Å². The van der Waals surface area contributed by atoms with E-state index >= 15 is 0 Å². The third-order valence-corrected chi connectivity index (χ3v) is 4.41. The van der Waals surface area contributed by atoms with Crippen LogP contribution in [0.25, 0.3) is 10.9 Å². The molecule has 0 bridgehead atoms. The van der Waals surface area contributed by atoms with E-state index < -0.39 is 11.7 Å². The number of nitrogens with one attached hydrogen (secondary N) is 2. The second-order valence-corrected chi connectivity index (χ2v) is 6.58. The van der Waals surface area contributed by atoms with Gasteiger partial charge in [-0.15, -0.1) is 0 Å². The number of aromatic nitrogens is 3. The quantitative estimate of drug-likeness (QED) is 0.503. The largest absolute Gasteiger partial charge is 0.416 e. The molecular formula is C21H16F3N5O. The van der Waals surface area contributed by atoms with Crippen molar-refractivity contribution in [3.05, 3.63) is 82.8 Å². The van der Waals surface area contributed by atoms with Gasteiger partial charge in [-0.3, -0.25) is 4.79 Å². The van der Waals surface area contributed by atoms with Crippen LogP contribution >= 0.6 is 0 Å². The van der Waals surface area contributed by atoms with Gasteiger partial charge in [-0.05, 0) is 36.4 Å². The predicted octanol–water partition coefficient (Wildman–Crippen LogP) is 4.83. The Bertz CT molecular complexity index is 1270. The van der Waals surface area contributed by atoms with Gasteiger partial charge in [0.1, 0.15) is 11.2 Å². The lowest BCUT2D eigenvalue weighted by molar-refractivity contribution is -0.137. The molecule has 2 N–H and O–H groups in total. The van der Waals surface area contributed by atoms with E-state index in [2.05, 4.69) is 20.6 Å². The molecule has 6 nitrogen and oxygen atoms in total. The predicted molar refractivity (Wildman–Crippen MR) is 109 cm³/mol. The highest BCUT2D eigenvalue weighted by Gasteiger charge is 2.30. The number of anilines is 4. The van der Waals surface area contributed by atoms with Gasteiger partial charge < -0.3 is 15.2 Å². The van der Waals surface area contributed by atoms with Crippen molar-refractivity contribution < 1.29 is 13.2 Å². The topological polar surface area (TPSA) is 71.8 Å². The number of nitrogens with zero attached hydrogens (tertiary/aromatic N) is 3. The maximum absolute atomic E-state index is 13.0. The maximum atomic E-state index is 13.0. The van der Waals surface area contributed by atoms with Crippen molar-refractivity contribution in [2.75, 3.05) is 10.6 Å². The number of alkyl halides is 3. The Morgan fingerprint density at radius 3 is 2.37 bits per heavy atom. The molecule has 0 spiro atoms. The molecule has 0 atom stereocenters. The number of hydrogen-bond donors (Lipinski definition) is 2. The van der Waals surface area contributed by atoms with Crippen LogP contribution in [-0.4, -0.2) is 14.5 Å². The zero-order chi connectivity index (χ0) is 21.3. The van der Waals surface area contributed by atoms with E-state index in [1.807, 2.05) is 18.2 Å². The van der Waals surface area contributed by atoms with Gasteiger partial charge in [-0.2, -0.15) is 18.2 Å². The first kappa shape index (κ1) is 19.4. The minimum absolute atomic E-state index is 0.0634. The molecule has 0 radical (unpaired) electrons. The van der Waals surface area contributed by atoms with Gasteiger partial charge in [-0.25, -0.2) is 4.98 Å². The van der Waals surface area contributed by atoms with E-state index in [0.29, 0.717) is 11.2 Å². The molecule has 0 aliphatic carbocycles. The summed E-state index contributed by atoms with van der Waals surface area (Å²) in [6.45, 7) is 0. The molecule has 2 aromatic heterocycles. The van der Waals surface area contributed by atoms with Crippen molar-refractivity contribution in [3.8, 4) is 0 Å². The van der Waals surface area contributed by atoms with Crippen molar-refractivity contribution in [2.24, 2.45) is 7.05 Å². The number of rotatable bonds is 4. The zero-order valence-corrected chi connectivity index (χ0v) is 15.7. The molecule has 152 valence electrons. The minimum Gasteiger partial charge on any atom is -0.339 e. The highest BCUT2D eigenvalue weighted by Crippen LogP contribution is 2.31. The summed E-state index contributed by atoms with van der Waals surface area (Å²) in [6, 6.07) is 15.5. The number of halogens is 3. The van der Waals surface area contributed by atoms with Crippen LogP contribution in [-0.2, 0) is 13.2 Å². The molecule has 0 aliphatic rings. The summed E-state index contributed by atoms with van der Waals surface area (Å²) in [7, 11) is 1.61. The number of fused-ring (bicyclic) bond motifs is 1. The van der Waals surface area contributed by atoms with Crippen molar-refractivity contribution >= 4 is 34.0 Å². The fourth-order valence-electron chi connectivity index (χ4n) is 2.94. The number of hydrogen-bond acceptors (Lipinski definition) is 5. The van der Waals surface area contributed by atoms with E-state index in [1.165, 1.54) is 16.7 Å². The smallest absolute Gasteiger partial charge is 0.339 e. The molecule has 4 aromatic rings. The first-order chi connectivity index (χ1) is 14.3. The SMILES string of the molecule is Cn1ccc2nc(Nc3cccc(C(F)(F)F)c3)nc(Nc3ccccc3)c2c1=O. The second-order valence-electron chi connectivity index (χ2n) is 6.58. The molecular weight excluding hydrogens is 395 g/mol. The van der Waals surface area contributed by atoms with Crippen molar-refractivity contribution in [2.45, 2.75) is 6.18 Å². The Morgan fingerprint density at radius 1 is 0.900 bits per heavy atom. The Kier molecular flexibility index (Phi) is 4.86. The monoisotopic (exact) mass is 411 g/mol. The van der Waals surface area contributed by atoms with Crippen LogP contribution in [0, 0.1) is 0 Å². The molecule has 0 saturated heterocycles. The van der Waals surface area contributed by atoms with Crippen LogP contribution < -0.4 is 16.2 Å². The fraction of sp³-hybridized carbons (Fsp3) is 0.0952. The third kappa shape index (κ3) is 3.95. The standard InChI is InChI=1S/C21H16F3N5O/c1-29-11-10-16-17(19(29)30)18(25-14-7-3-2-4-8-14)28-20(27-16)26-15-9-5-6-13(12-15)21(22,23)24/h2-12H,1H3,(H2,25,26,27,28). The van der Waals surface area contributed by atoms with E-state index in [9.17, 15) is 18.0 Å². The van der Waals surface area contributed by atoms with Crippen LogP contribution in [0.5, 0.6) is 0 Å². The summed E-state index contributed by atoms with van der Waals surface area (Å²) >= 11 is 0. The highest BCUT2D eigenvalue weighted by atomic mass is 19.4. The fourth-order valence-corrected chi connectivity index (χ4v) is 2.94. The van der Waals surface area contributed by atoms with Gasteiger partial charge in [0.2, 0.25) is 5.95 Å². The van der Waals surface area contributed by atoms with Crippen LogP contribution in [0.1, 0.15) is 5.56 Å². The van der Waals surface area contributed by atoms with Crippen LogP contribution in [0.3, 0.4) is 0 Å². The average Bonchev–Trinajstić information content (AvgIpc) is 2.71. The summed E-state index contributed by atoms with van der Waals surface area (Å²) in [6.07, 6.45) is -2.90. The van der Waals surface area contributed by atoms with Gasteiger partial charge in [0, 0.05) is 24.6 Å². The van der Waals surface area contributed by atoms with Crippen molar-refractivity contribution in [1.82, 2.24) is 14.5 Å². The molecule has 2 aromatic carbocycles. The first-order valence-corrected chi connectivity index (χ1v) is 8.95. The van der Waals surface area contributed by atoms with Crippen molar-refractivity contribution in [1.29, 1.82) is 0 Å². The summed E-state index contributed by atoms with van der Waals surface area (Å²) < 4.78 is 40.4. The lowest BCUT2D eigenvalue weighted by atomic mass is 10.2. The van der Waals surface area contributed by atoms with Crippen LogP contribution in [0.15, 0.2) is 71.7 Å². The van der Waals surface area contributed by atoms with Crippen molar-refractivity contribution in [3.63, 3.8) is 0 Å². The minimum atomic E-state index is -4.46. The van der Waals surface area contributed by atoms with Gasteiger partial charge >= 0.3 is 6.18 Å². The van der Waals surface area contributed by atoms with Gasteiger partial charge in [0.15, 0.2) is 0 Å². The number of para-hydroxylation sites is 1. The summed E-state index contributed by atoms with van der Waals surface area (Å²) in [4.78, 5) is 21.3.